The Morgan fingerprint density at radius 1 is 1.00 bits per heavy atom. The predicted octanol–water partition coefficient (Wildman–Crippen LogP) is 4.30. The maximum absolute atomic E-state index is 14.1. The van der Waals surface area contributed by atoms with Crippen molar-refractivity contribution in [1.29, 1.82) is 0 Å². The van der Waals surface area contributed by atoms with Crippen LogP contribution in [0.3, 0.4) is 0 Å². The molecule has 1 fully saturated rings. The van der Waals surface area contributed by atoms with E-state index in [2.05, 4.69) is 15.3 Å². The minimum atomic E-state index is -1.03. The third-order valence-corrected chi connectivity index (χ3v) is 5.82. The summed E-state index contributed by atoms with van der Waals surface area (Å²) in [6.07, 6.45) is 5.87. The molecule has 0 unspecified atom stereocenters. The summed E-state index contributed by atoms with van der Waals surface area (Å²) in [6, 6.07) is 17.7. The number of para-hydroxylation sites is 1. The quantitative estimate of drug-likeness (QED) is 0.465. The van der Waals surface area contributed by atoms with Gasteiger partial charge in [0.1, 0.15) is 23.0 Å². The fourth-order valence-electron chi connectivity index (χ4n) is 4.14. The van der Waals surface area contributed by atoms with E-state index in [0.29, 0.717) is 24.4 Å². The lowest BCUT2D eigenvalue weighted by molar-refractivity contribution is 0.141. The zero-order valence-corrected chi connectivity index (χ0v) is 17.1. The van der Waals surface area contributed by atoms with Crippen molar-refractivity contribution < 1.29 is 9.13 Å². The molecule has 0 bridgehead atoms. The Morgan fingerprint density at radius 2 is 1.97 bits per heavy atom. The van der Waals surface area contributed by atoms with Gasteiger partial charge < -0.3 is 10.1 Å². The Bertz CT molecular complexity index is 1420. The lowest BCUT2D eigenvalue weighted by Crippen LogP contribution is -2.27. The van der Waals surface area contributed by atoms with Crippen LogP contribution in [0.15, 0.2) is 79.4 Å². The Labute approximate surface area is 183 Å². The summed E-state index contributed by atoms with van der Waals surface area (Å²) in [5.74, 6) is 0.591. The minimum absolute atomic E-state index is 0.316. The van der Waals surface area contributed by atoms with Crippen LogP contribution in [0.1, 0.15) is 0 Å². The molecule has 1 N–H and O–H groups in total. The van der Waals surface area contributed by atoms with Gasteiger partial charge in [-0.05, 0) is 35.9 Å². The van der Waals surface area contributed by atoms with Crippen LogP contribution in [-0.4, -0.2) is 44.7 Å². The molecular weight excluding hydrogens is 405 g/mol. The fourth-order valence-corrected chi connectivity index (χ4v) is 4.14. The first-order valence-electron chi connectivity index (χ1n) is 10.6. The van der Waals surface area contributed by atoms with Gasteiger partial charge in [0.2, 0.25) is 0 Å². The third-order valence-electron chi connectivity index (χ3n) is 5.82. The molecule has 0 radical (unpaired) electrons. The van der Waals surface area contributed by atoms with Gasteiger partial charge in [0.25, 0.3) is 0 Å². The van der Waals surface area contributed by atoms with Crippen LogP contribution in [0.2, 0.25) is 0 Å². The molecule has 6 nitrogen and oxygen atoms in total. The molecule has 0 spiro atoms. The second-order valence-electron chi connectivity index (χ2n) is 7.88. The van der Waals surface area contributed by atoms with E-state index in [0.717, 1.165) is 33.5 Å². The zero-order valence-electron chi connectivity index (χ0n) is 17.1. The molecule has 32 heavy (non-hydrogen) atoms. The molecule has 1 aliphatic rings. The normalized spacial score (nSPS) is 18.4. The molecule has 5 heterocycles. The molecule has 5 aromatic rings. The van der Waals surface area contributed by atoms with Gasteiger partial charge in [-0.2, -0.15) is 0 Å². The van der Waals surface area contributed by atoms with Crippen molar-refractivity contribution in [1.82, 2.24) is 24.7 Å². The lowest BCUT2D eigenvalue weighted by atomic mass is 10.1. The van der Waals surface area contributed by atoms with E-state index in [1.807, 2.05) is 77.6 Å². The van der Waals surface area contributed by atoms with E-state index in [4.69, 9.17) is 9.72 Å². The number of rotatable bonds is 4. The SMILES string of the molecule is F[C@@H]1CNC[C@@H]1Oc1cccc2ccc(-c3cnc4cc(-c5cccnc5)ccn34)nc12. The zero-order chi connectivity index (χ0) is 21.5. The summed E-state index contributed by atoms with van der Waals surface area (Å²) in [5, 5.41) is 3.97. The maximum atomic E-state index is 14.1. The van der Waals surface area contributed by atoms with Gasteiger partial charge in [-0.15, -0.1) is 0 Å². The third kappa shape index (κ3) is 3.27. The molecule has 1 aliphatic heterocycles. The van der Waals surface area contributed by atoms with Gasteiger partial charge in [0.05, 0.1) is 17.6 Å². The lowest BCUT2D eigenvalue weighted by Gasteiger charge is -2.16. The van der Waals surface area contributed by atoms with Gasteiger partial charge >= 0.3 is 0 Å². The highest BCUT2D eigenvalue weighted by molar-refractivity contribution is 5.86. The van der Waals surface area contributed by atoms with Gasteiger partial charge in [-0.25, -0.2) is 14.4 Å². The number of ether oxygens (including phenoxy) is 1. The molecule has 2 atom stereocenters. The topological polar surface area (TPSA) is 64.3 Å². The summed E-state index contributed by atoms with van der Waals surface area (Å²) in [6.45, 7) is 0.806. The first kappa shape index (κ1) is 18.9. The van der Waals surface area contributed by atoms with E-state index in [1.165, 1.54) is 0 Å². The number of imidazole rings is 1. The smallest absolute Gasteiger partial charge is 0.150 e. The number of hydrogen-bond acceptors (Lipinski definition) is 5. The summed E-state index contributed by atoms with van der Waals surface area (Å²) in [7, 11) is 0. The molecule has 1 saturated heterocycles. The molecule has 158 valence electrons. The number of fused-ring (bicyclic) bond motifs is 2. The number of pyridine rings is 3. The van der Waals surface area contributed by atoms with E-state index in [1.54, 1.807) is 6.20 Å². The highest BCUT2D eigenvalue weighted by atomic mass is 19.1. The van der Waals surface area contributed by atoms with Gasteiger partial charge in [0.15, 0.2) is 6.17 Å². The molecule has 0 amide bonds. The molecule has 4 aromatic heterocycles. The van der Waals surface area contributed by atoms with Crippen LogP contribution in [0.5, 0.6) is 5.75 Å². The second-order valence-corrected chi connectivity index (χ2v) is 7.88. The molecule has 0 aliphatic carbocycles. The number of alkyl halides is 1. The van der Waals surface area contributed by atoms with Crippen LogP contribution in [0.25, 0.3) is 39.1 Å². The van der Waals surface area contributed by atoms with Crippen molar-refractivity contribution in [3.05, 3.63) is 79.4 Å². The van der Waals surface area contributed by atoms with Crippen LogP contribution in [0.4, 0.5) is 4.39 Å². The Morgan fingerprint density at radius 3 is 2.81 bits per heavy atom. The number of nitrogens with one attached hydrogen (secondary N) is 1. The number of halogens is 1. The number of hydrogen-bond donors (Lipinski definition) is 1. The largest absolute Gasteiger partial charge is 0.484 e. The first-order chi connectivity index (χ1) is 15.8. The van der Waals surface area contributed by atoms with Crippen molar-refractivity contribution in [2.75, 3.05) is 13.1 Å². The number of nitrogens with zero attached hydrogens (tertiary/aromatic N) is 4. The summed E-state index contributed by atoms with van der Waals surface area (Å²) in [4.78, 5) is 13.7. The van der Waals surface area contributed by atoms with Crippen LogP contribution in [0, 0.1) is 0 Å². The van der Waals surface area contributed by atoms with Crippen molar-refractivity contribution >= 4 is 16.6 Å². The molecule has 6 rings (SSSR count). The van der Waals surface area contributed by atoms with Crippen LogP contribution < -0.4 is 10.1 Å². The van der Waals surface area contributed by atoms with Crippen LogP contribution >= 0.6 is 0 Å². The molecular formula is C25H20FN5O. The summed E-state index contributed by atoms with van der Waals surface area (Å²) in [5.41, 5.74) is 5.28. The van der Waals surface area contributed by atoms with Gasteiger partial charge in [0, 0.05) is 42.6 Å². The minimum Gasteiger partial charge on any atom is -0.484 e. The Balaban J connectivity index is 1.40. The predicted molar refractivity (Wildman–Crippen MR) is 121 cm³/mol. The van der Waals surface area contributed by atoms with Crippen molar-refractivity contribution in [2.24, 2.45) is 0 Å². The second kappa shape index (κ2) is 7.69. The highest BCUT2D eigenvalue weighted by Gasteiger charge is 2.29. The van der Waals surface area contributed by atoms with Gasteiger partial charge in [-0.1, -0.05) is 24.3 Å². The number of aromatic nitrogens is 4. The molecule has 0 saturated carbocycles. The average molecular weight is 425 g/mol. The monoisotopic (exact) mass is 425 g/mol. The van der Waals surface area contributed by atoms with Gasteiger partial charge in [-0.3, -0.25) is 9.38 Å². The van der Waals surface area contributed by atoms with E-state index >= 15 is 0 Å². The highest BCUT2D eigenvalue weighted by Crippen LogP contribution is 2.30. The Hall–Kier alpha value is -3.84. The van der Waals surface area contributed by atoms with E-state index in [-0.39, 0.29) is 0 Å². The average Bonchev–Trinajstić information content (AvgIpc) is 3.45. The summed E-state index contributed by atoms with van der Waals surface area (Å²) < 4.78 is 22.1. The summed E-state index contributed by atoms with van der Waals surface area (Å²) >= 11 is 0. The van der Waals surface area contributed by atoms with E-state index in [9.17, 15) is 4.39 Å². The van der Waals surface area contributed by atoms with Crippen molar-refractivity contribution in [2.45, 2.75) is 12.3 Å². The maximum Gasteiger partial charge on any atom is 0.150 e. The van der Waals surface area contributed by atoms with E-state index < -0.39 is 12.3 Å². The van der Waals surface area contributed by atoms with Crippen molar-refractivity contribution in [3.63, 3.8) is 0 Å². The first-order valence-corrected chi connectivity index (χ1v) is 10.6. The van der Waals surface area contributed by atoms with Crippen LogP contribution in [-0.2, 0) is 0 Å². The Kier molecular flexibility index (Phi) is 4.54. The molecule has 1 aromatic carbocycles. The fraction of sp³-hybridized carbons (Fsp3) is 0.160. The number of benzene rings is 1. The van der Waals surface area contributed by atoms with Crippen molar-refractivity contribution in [3.8, 4) is 28.3 Å². The standard InChI is InChI=1S/C25H20FN5O/c26-19-13-28-15-23(19)32-22-5-1-3-16-6-7-20(30-25(16)22)21-14-29-24-11-17(8-10-31(21)24)18-4-2-9-27-12-18/h1-12,14,19,23,28H,13,15H2/t19-,23+/m1/s1. The molecule has 7 heteroatoms.